The van der Waals surface area contributed by atoms with E-state index in [-0.39, 0.29) is 18.0 Å². The lowest BCUT2D eigenvalue weighted by atomic mass is 9.94. The molecule has 2 aromatic heterocycles. The van der Waals surface area contributed by atoms with Crippen molar-refractivity contribution in [1.29, 1.82) is 5.41 Å². The first-order valence-electron chi connectivity index (χ1n) is 11.3. The smallest absolute Gasteiger partial charge is 0.320 e. The molecule has 0 radical (unpaired) electrons. The van der Waals surface area contributed by atoms with E-state index in [4.69, 9.17) is 10.5 Å². The van der Waals surface area contributed by atoms with Crippen LogP contribution >= 0.6 is 0 Å². The number of amides is 2. The summed E-state index contributed by atoms with van der Waals surface area (Å²) in [4.78, 5) is 13.2. The van der Waals surface area contributed by atoms with Crippen LogP contribution in [0.15, 0.2) is 73.1 Å². The van der Waals surface area contributed by atoms with E-state index in [9.17, 15) is 4.79 Å². The predicted molar refractivity (Wildman–Crippen MR) is 133 cm³/mol. The molecule has 0 unspecified atom stereocenters. The first-order valence-corrected chi connectivity index (χ1v) is 11.3. The zero-order chi connectivity index (χ0) is 23.7. The van der Waals surface area contributed by atoms with Crippen LogP contribution in [-0.2, 0) is 7.05 Å². The summed E-state index contributed by atoms with van der Waals surface area (Å²) in [5.74, 6) is 0.692. The van der Waals surface area contributed by atoms with Crippen LogP contribution in [-0.4, -0.2) is 37.3 Å². The minimum absolute atomic E-state index is 0.0885. The Bertz CT molecular complexity index is 1320. The second-order valence-electron chi connectivity index (χ2n) is 8.71. The van der Waals surface area contributed by atoms with Crippen molar-refractivity contribution < 1.29 is 4.79 Å². The number of rotatable bonds is 5. The molecule has 8 heteroatoms. The molecule has 1 aliphatic carbocycles. The summed E-state index contributed by atoms with van der Waals surface area (Å²) >= 11 is 0. The Morgan fingerprint density at radius 1 is 1.06 bits per heavy atom. The van der Waals surface area contributed by atoms with Gasteiger partial charge < -0.3 is 10.7 Å². The Morgan fingerprint density at radius 2 is 1.76 bits per heavy atom. The predicted octanol–water partition coefficient (Wildman–Crippen LogP) is 4.67. The van der Waals surface area contributed by atoms with Crippen LogP contribution in [0.2, 0.25) is 0 Å². The number of benzene rings is 2. The molecule has 8 nitrogen and oxygen atoms in total. The van der Waals surface area contributed by atoms with Crippen molar-refractivity contribution in [3.63, 3.8) is 0 Å². The quantitative estimate of drug-likeness (QED) is 0.409. The standard InChI is InChI=1S/C26H27N7O/c1-17-24(19-15-28-32(2)16-19)31-33(21-11-7-4-8-12-21)25(17)30-26(34)29-23-14-20(27)13-22(23)18-9-5-3-6-10-18/h3-12,15-16,22-23,27H,13-14H2,1-2H3,(H2,29,30,34)/t22-,23+/m0/s1. The molecule has 4 aromatic rings. The van der Waals surface area contributed by atoms with Gasteiger partial charge in [0.05, 0.1) is 11.9 Å². The molecule has 2 heterocycles. The van der Waals surface area contributed by atoms with Gasteiger partial charge in [0, 0.05) is 48.5 Å². The van der Waals surface area contributed by atoms with Crippen LogP contribution in [0.4, 0.5) is 10.6 Å². The summed E-state index contributed by atoms with van der Waals surface area (Å²) < 4.78 is 3.48. The maximum absolute atomic E-state index is 13.2. The molecule has 2 amide bonds. The monoisotopic (exact) mass is 453 g/mol. The maximum atomic E-state index is 13.2. The zero-order valence-corrected chi connectivity index (χ0v) is 19.2. The van der Waals surface area contributed by atoms with Gasteiger partial charge in [0.25, 0.3) is 0 Å². The van der Waals surface area contributed by atoms with Crippen LogP contribution in [0, 0.1) is 12.3 Å². The number of nitrogens with one attached hydrogen (secondary N) is 3. The van der Waals surface area contributed by atoms with Crippen LogP contribution in [0.5, 0.6) is 0 Å². The van der Waals surface area contributed by atoms with Gasteiger partial charge in [-0.05, 0) is 31.0 Å². The van der Waals surface area contributed by atoms with Gasteiger partial charge in [-0.1, -0.05) is 48.5 Å². The van der Waals surface area contributed by atoms with Gasteiger partial charge in [-0.15, -0.1) is 0 Å². The lowest BCUT2D eigenvalue weighted by Crippen LogP contribution is -2.40. The Morgan fingerprint density at radius 3 is 2.44 bits per heavy atom. The number of hydrogen-bond donors (Lipinski definition) is 3. The van der Waals surface area contributed by atoms with Crippen molar-refractivity contribution in [3.05, 3.63) is 84.2 Å². The Hall–Kier alpha value is -4.20. The highest BCUT2D eigenvalue weighted by atomic mass is 16.2. The highest BCUT2D eigenvalue weighted by Gasteiger charge is 2.33. The van der Waals surface area contributed by atoms with Gasteiger partial charge in [-0.2, -0.15) is 10.2 Å². The molecule has 2 atom stereocenters. The lowest BCUT2D eigenvalue weighted by molar-refractivity contribution is 0.247. The summed E-state index contributed by atoms with van der Waals surface area (Å²) in [5, 5.41) is 23.4. The number of carbonyl (C=O) groups excluding carboxylic acids is 1. The SMILES string of the molecule is Cc1c(-c2cnn(C)c2)nn(-c2ccccc2)c1NC(=O)N[C@@H]1CC(=N)C[C@H]1c1ccccc1. The second-order valence-corrected chi connectivity index (χ2v) is 8.71. The van der Waals surface area contributed by atoms with Crippen molar-refractivity contribution in [2.24, 2.45) is 7.05 Å². The average Bonchev–Trinajstić information content (AvgIpc) is 3.52. The topological polar surface area (TPSA) is 101 Å². The first-order chi connectivity index (χ1) is 16.5. The third-order valence-electron chi connectivity index (χ3n) is 6.30. The largest absolute Gasteiger partial charge is 0.334 e. The summed E-state index contributed by atoms with van der Waals surface area (Å²) in [6, 6.07) is 19.4. The average molecular weight is 454 g/mol. The summed E-state index contributed by atoms with van der Waals surface area (Å²) in [6.45, 7) is 1.95. The molecule has 0 spiro atoms. The molecule has 2 aromatic carbocycles. The normalized spacial score (nSPS) is 17.6. The van der Waals surface area contributed by atoms with E-state index in [1.165, 1.54) is 0 Å². The minimum Gasteiger partial charge on any atom is -0.334 e. The number of para-hydroxylation sites is 1. The highest BCUT2D eigenvalue weighted by molar-refractivity contribution is 5.93. The lowest BCUT2D eigenvalue weighted by Gasteiger charge is -2.21. The molecule has 0 saturated heterocycles. The van der Waals surface area contributed by atoms with E-state index in [0.29, 0.717) is 24.4 Å². The van der Waals surface area contributed by atoms with Crippen LogP contribution in [0.1, 0.15) is 29.9 Å². The van der Waals surface area contributed by atoms with Crippen molar-refractivity contribution >= 4 is 17.6 Å². The summed E-state index contributed by atoms with van der Waals surface area (Å²) in [6.07, 6.45) is 4.87. The second kappa shape index (κ2) is 8.97. The first kappa shape index (κ1) is 21.6. The maximum Gasteiger partial charge on any atom is 0.320 e. The third-order valence-corrected chi connectivity index (χ3v) is 6.30. The molecule has 34 heavy (non-hydrogen) atoms. The zero-order valence-electron chi connectivity index (χ0n) is 19.2. The van der Waals surface area contributed by atoms with Gasteiger partial charge in [0.1, 0.15) is 11.5 Å². The van der Waals surface area contributed by atoms with Gasteiger partial charge in [-0.3, -0.25) is 10.00 Å². The number of aryl methyl sites for hydroxylation is 1. The van der Waals surface area contributed by atoms with Crippen molar-refractivity contribution in [2.75, 3.05) is 5.32 Å². The molecule has 5 rings (SSSR count). The Kier molecular flexibility index (Phi) is 5.71. The molecule has 0 aliphatic heterocycles. The number of urea groups is 1. The number of anilines is 1. The number of aromatic nitrogens is 4. The van der Waals surface area contributed by atoms with Gasteiger partial charge in [0.15, 0.2) is 0 Å². The Balaban J connectivity index is 1.43. The summed E-state index contributed by atoms with van der Waals surface area (Å²) in [5.41, 5.74) is 5.14. The summed E-state index contributed by atoms with van der Waals surface area (Å²) in [7, 11) is 1.86. The minimum atomic E-state index is -0.307. The van der Waals surface area contributed by atoms with Crippen molar-refractivity contribution in [3.8, 4) is 16.9 Å². The van der Waals surface area contributed by atoms with E-state index < -0.39 is 0 Å². The van der Waals surface area contributed by atoms with Crippen LogP contribution in [0.3, 0.4) is 0 Å². The molecule has 1 aliphatic rings. The van der Waals surface area contributed by atoms with E-state index in [1.54, 1.807) is 15.6 Å². The van der Waals surface area contributed by atoms with Gasteiger partial charge in [0.2, 0.25) is 0 Å². The molecular formula is C26H27N7O. The number of nitrogens with zero attached hydrogens (tertiary/aromatic N) is 4. The van der Waals surface area contributed by atoms with E-state index in [0.717, 1.165) is 28.1 Å². The number of carbonyl (C=O) groups is 1. The molecule has 172 valence electrons. The molecule has 1 saturated carbocycles. The molecule has 3 N–H and O–H groups in total. The van der Waals surface area contributed by atoms with Crippen LogP contribution < -0.4 is 10.6 Å². The van der Waals surface area contributed by atoms with Gasteiger partial charge in [-0.25, -0.2) is 9.48 Å². The van der Waals surface area contributed by atoms with Crippen LogP contribution in [0.25, 0.3) is 16.9 Å². The van der Waals surface area contributed by atoms with Crippen molar-refractivity contribution in [2.45, 2.75) is 31.7 Å². The van der Waals surface area contributed by atoms with E-state index in [1.807, 2.05) is 68.7 Å². The fraction of sp³-hybridized carbons (Fsp3) is 0.231. The van der Waals surface area contributed by atoms with E-state index >= 15 is 0 Å². The highest BCUT2D eigenvalue weighted by Crippen LogP contribution is 2.33. The molecular weight excluding hydrogens is 426 g/mol. The van der Waals surface area contributed by atoms with E-state index in [2.05, 4.69) is 27.9 Å². The third kappa shape index (κ3) is 4.22. The number of hydrogen-bond acceptors (Lipinski definition) is 4. The van der Waals surface area contributed by atoms with Gasteiger partial charge >= 0.3 is 6.03 Å². The molecule has 1 fully saturated rings. The Labute approximate surface area is 198 Å². The fourth-order valence-electron chi connectivity index (χ4n) is 4.63. The van der Waals surface area contributed by atoms with Crippen molar-refractivity contribution in [1.82, 2.24) is 24.9 Å². The fourth-order valence-corrected chi connectivity index (χ4v) is 4.63. The molecule has 0 bridgehead atoms.